The van der Waals surface area contributed by atoms with Crippen LogP contribution in [0.3, 0.4) is 0 Å². The molecule has 0 saturated carbocycles. The van der Waals surface area contributed by atoms with Gasteiger partial charge in [-0.3, -0.25) is 4.98 Å². The zero-order valence-electron chi connectivity index (χ0n) is 18.3. The summed E-state index contributed by atoms with van der Waals surface area (Å²) in [5.74, 6) is 0. The van der Waals surface area contributed by atoms with E-state index >= 15 is 0 Å². The minimum Gasteiger partial charge on any atom is -0.598 e. The van der Waals surface area contributed by atoms with E-state index in [0.717, 1.165) is 39.0 Å². The summed E-state index contributed by atoms with van der Waals surface area (Å²) in [7, 11) is 0. The van der Waals surface area contributed by atoms with Crippen molar-refractivity contribution in [2.24, 2.45) is 0 Å². The van der Waals surface area contributed by atoms with Gasteiger partial charge in [0.25, 0.3) is 0 Å². The molecule has 0 radical (unpaired) electrons. The Bertz CT molecular complexity index is 1170. The van der Waals surface area contributed by atoms with Gasteiger partial charge in [-0.2, -0.15) is 0 Å². The van der Waals surface area contributed by atoms with E-state index in [1.54, 1.807) is 6.20 Å². The Morgan fingerprint density at radius 3 is 2.55 bits per heavy atom. The van der Waals surface area contributed by atoms with Crippen molar-refractivity contribution in [3.05, 3.63) is 83.7 Å². The number of aromatic nitrogens is 2. The standard InChI is InChI=1S/C25H27N3O2S/c1-17-10-9-13-20(24-19-12-5-6-14-22(19)30-27-24)23(17)21(28-31(29)25(2,3)4)16-18-11-7-8-15-26-18/h5-15,21,28H,16H2,1-4H3/t21?,31-/m0/s1. The molecule has 1 unspecified atom stereocenters. The summed E-state index contributed by atoms with van der Waals surface area (Å²) in [6.07, 6.45) is 2.40. The second kappa shape index (κ2) is 8.83. The largest absolute Gasteiger partial charge is 0.598 e. The SMILES string of the molecule is Cc1cccc(-c2noc3ccccc23)c1C(Cc1ccccn1)N[S@@+]([O-])C(C)(C)C. The predicted molar refractivity (Wildman–Crippen MR) is 126 cm³/mol. The summed E-state index contributed by atoms with van der Waals surface area (Å²) in [4.78, 5) is 4.51. The maximum atomic E-state index is 13.1. The molecule has 2 heterocycles. The average Bonchev–Trinajstić information content (AvgIpc) is 3.17. The first-order valence-electron chi connectivity index (χ1n) is 10.4. The van der Waals surface area contributed by atoms with Crippen LogP contribution >= 0.6 is 0 Å². The molecule has 0 aliphatic heterocycles. The molecule has 6 heteroatoms. The Hall–Kier alpha value is -2.67. The average molecular weight is 434 g/mol. The second-order valence-electron chi connectivity index (χ2n) is 8.64. The lowest BCUT2D eigenvalue weighted by Gasteiger charge is -2.29. The number of hydrogen-bond acceptors (Lipinski definition) is 5. The molecule has 0 bridgehead atoms. The molecular weight excluding hydrogens is 406 g/mol. The van der Waals surface area contributed by atoms with Crippen LogP contribution in [0.4, 0.5) is 0 Å². The van der Waals surface area contributed by atoms with E-state index in [-0.39, 0.29) is 6.04 Å². The van der Waals surface area contributed by atoms with Crippen LogP contribution in [0.1, 0.15) is 43.6 Å². The van der Waals surface area contributed by atoms with Gasteiger partial charge in [0.2, 0.25) is 0 Å². The van der Waals surface area contributed by atoms with E-state index in [4.69, 9.17) is 4.52 Å². The van der Waals surface area contributed by atoms with Crippen LogP contribution in [0.15, 0.2) is 71.4 Å². The van der Waals surface area contributed by atoms with Crippen molar-refractivity contribution < 1.29 is 9.08 Å². The number of rotatable bonds is 6. The van der Waals surface area contributed by atoms with Gasteiger partial charge in [0.1, 0.15) is 10.4 Å². The highest BCUT2D eigenvalue weighted by atomic mass is 32.2. The summed E-state index contributed by atoms with van der Waals surface area (Å²) in [5.41, 5.74) is 5.62. The zero-order valence-corrected chi connectivity index (χ0v) is 19.1. The highest BCUT2D eigenvalue weighted by molar-refractivity contribution is 7.90. The third-order valence-corrected chi connectivity index (χ3v) is 6.86. The van der Waals surface area contributed by atoms with E-state index in [2.05, 4.69) is 33.9 Å². The van der Waals surface area contributed by atoms with Gasteiger partial charge >= 0.3 is 0 Å². The van der Waals surface area contributed by atoms with Gasteiger partial charge in [0.15, 0.2) is 5.58 Å². The maximum absolute atomic E-state index is 13.1. The lowest BCUT2D eigenvalue weighted by molar-refractivity contribution is 0.459. The van der Waals surface area contributed by atoms with Crippen LogP contribution in [0.5, 0.6) is 0 Å². The fraction of sp³-hybridized carbons (Fsp3) is 0.280. The summed E-state index contributed by atoms with van der Waals surface area (Å²) >= 11 is -1.25. The van der Waals surface area contributed by atoms with Crippen LogP contribution in [0, 0.1) is 6.92 Å². The predicted octanol–water partition coefficient (Wildman–Crippen LogP) is 5.53. The zero-order chi connectivity index (χ0) is 22.0. The highest BCUT2D eigenvalue weighted by Crippen LogP contribution is 2.36. The van der Waals surface area contributed by atoms with Gasteiger partial charge in [-0.05, 0) is 63.1 Å². The molecule has 0 aliphatic carbocycles. The summed E-state index contributed by atoms with van der Waals surface area (Å²) in [6.45, 7) is 7.99. The Balaban J connectivity index is 1.84. The number of hydrogen-bond donors (Lipinski definition) is 1. The number of benzene rings is 2. The molecule has 0 fully saturated rings. The third kappa shape index (κ3) is 4.66. The van der Waals surface area contributed by atoms with Crippen molar-refractivity contribution in [2.45, 2.75) is 44.9 Å². The van der Waals surface area contributed by atoms with Gasteiger partial charge in [-0.15, -0.1) is 4.72 Å². The van der Waals surface area contributed by atoms with Crippen molar-refractivity contribution in [3.8, 4) is 11.3 Å². The molecule has 0 amide bonds. The van der Waals surface area contributed by atoms with E-state index < -0.39 is 16.1 Å². The van der Waals surface area contributed by atoms with E-state index in [0.29, 0.717) is 6.42 Å². The molecule has 4 rings (SSSR count). The fourth-order valence-corrected chi connectivity index (χ4v) is 4.48. The van der Waals surface area contributed by atoms with Gasteiger partial charge in [0, 0.05) is 40.6 Å². The quantitative estimate of drug-likeness (QED) is 0.405. The van der Waals surface area contributed by atoms with Crippen LogP contribution in [0.2, 0.25) is 0 Å². The lowest BCUT2D eigenvalue weighted by atomic mass is 9.90. The van der Waals surface area contributed by atoms with Crippen molar-refractivity contribution in [1.29, 1.82) is 0 Å². The molecule has 31 heavy (non-hydrogen) atoms. The molecule has 2 aromatic heterocycles. The number of nitrogens with zero attached hydrogens (tertiary/aromatic N) is 2. The van der Waals surface area contributed by atoms with Gasteiger partial charge in [0.05, 0.1) is 6.04 Å². The van der Waals surface area contributed by atoms with E-state index in [1.165, 1.54) is 0 Å². The van der Waals surface area contributed by atoms with Crippen molar-refractivity contribution in [1.82, 2.24) is 14.9 Å². The minimum absolute atomic E-state index is 0.207. The third-order valence-electron chi connectivity index (χ3n) is 5.25. The number of para-hydroxylation sites is 1. The Morgan fingerprint density at radius 2 is 1.81 bits per heavy atom. The first-order valence-corrected chi connectivity index (χ1v) is 11.5. The molecule has 4 aromatic rings. The van der Waals surface area contributed by atoms with Gasteiger partial charge in [-0.25, -0.2) is 0 Å². The monoisotopic (exact) mass is 433 g/mol. The topological polar surface area (TPSA) is 74.0 Å². The van der Waals surface area contributed by atoms with E-state index in [9.17, 15) is 4.55 Å². The number of pyridine rings is 1. The summed E-state index contributed by atoms with van der Waals surface area (Å²) < 4.78 is 21.7. The molecule has 5 nitrogen and oxygen atoms in total. The van der Waals surface area contributed by atoms with Crippen LogP contribution in [-0.4, -0.2) is 19.4 Å². The van der Waals surface area contributed by atoms with Crippen molar-refractivity contribution in [2.75, 3.05) is 0 Å². The normalized spacial score (nSPS) is 14.0. The number of nitrogens with one attached hydrogen (secondary N) is 1. The van der Waals surface area contributed by atoms with Crippen LogP contribution < -0.4 is 4.72 Å². The maximum Gasteiger partial charge on any atom is 0.167 e. The lowest BCUT2D eigenvalue weighted by Crippen LogP contribution is -2.42. The molecule has 0 spiro atoms. The molecule has 2 aromatic carbocycles. The van der Waals surface area contributed by atoms with Crippen LogP contribution in [-0.2, 0) is 17.8 Å². The first-order chi connectivity index (χ1) is 14.8. The molecule has 160 valence electrons. The molecule has 1 N–H and O–H groups in total. The summed E-state index contributed by atoms with van der Waals surface area (Å²) in [5, 5.41) is 5.35. The minimum atomic E-state index is -1.25. The van der Waals surface area contributed by atoms with Gasteiger partial charge in [-0.1, -0.05) is 41.6 Å². The smallest absolute Gasteiger partial charge is 0.167 e. The molecular formula is C25H27N3O2S. The Kier molecular flexibility index (Phi) is 6.14. The van der Waals surface area contributed by atoms with Crippen molar-refractivity contribution in [3.63, 3.8) is 0 Å². The van der Waals surface area contributed by atoms with Crippen molar-refractivity contribution >= 4 is 22.3 Å². The summed E-state index contributed by atoms with van der Waals surface area (Å²) in [6, 6.07) is 19.7. The molecule has 0 aliphatic rings. The first kappa shape index (κ1) is 21.6. The Labute approximate surface area is 186 Å². The van der Waals surface area contributed by atoms with Crippen LogP contribution in [0.25, 0.3) is 22.2 Å². The van der Waals surface area contributed by atoms with Gasteiger partial charge < -0.3 is 9.08 Å². The number of aryl methyl sites for hydroxylation is 1. The second-order valence-corrected chi connectivity index (χ2v) is 10.6. The molecule has 0 saturated heterocycles. The highest BCUT2D eigenvalue weighted by Gasteiger charge is 2.32. The Morgan fingerprint density at radius 1 is 1.03 bits per heavy atom. The number of fused-ring (bicyclic) bond motifs is 1. The fourth-order valence-electron chi connectivity index (χ4n) is 3.67. The van der Waals surface area contributed by atoms with E-state index in [1.807, 2.05) is 69.3 Å². The molecule has 2 atom stereocenters.